The van der Waals surface area contributed by atoms with Gasteiger partial charge in [-0.25, -0.2) is 8.78 Å². The van der Waals surface area contributed by atoms with Crippen LogP contribution in [0.15, 0.2) is 24.4 Å². The first-order chi connectivity index (χ1) is 8.08. The Balaban J connectivity index is 2.37. The molecule has 0 fully saturated rings. The lowest BCUT2D eigenvalue weighted by atomic mass is 10.3. The lowest BCUT2D eigenvalue weighted by Crippen LogP contribution is -1.99. The van der Waals surface area contributed by atoms with Gasteiger partial charge >= 0.3 is 0 Å². The molecule has 0 saturated carbocycles. The Morgan fingerprint density at radius 2 is 1.94 bits per heavy atom. The monoisotopic (exact) mass is 240 g/mol. The van der Waals surface area contributed by atoms with Crippen molar-refractivity contribution in [2.45, 2.75) is 6.92 Å². The Morgan fingerprint density at radius 1 is 1.18 bits per heavy atom. The van der Waals surface area contributed by atoms with Crippen molar-refractivity contribution in [1.82, 2.24) is 9.97 Å². The lowest BCUT2D eigenvalue weighted by molar-refractivity contribution is 0.384. The molecule has 88 valence electrons. The molecule has 0 N–H and O–H groups in total. The minimum Gasteiger partial charge on any atom is -0.434 e. The lowest BCUT2D eigenvalue weighted by Gasteiger charge is -2.07. The van der Waals surface area contributed by atoms with E-state index in [0.717, 1.165) is 0 Å². The summed E-state index contributed by atoms with van der Waals surface area (Å²) in [6.07, 6.45) is 1.53. The average Bonchev–Trinajstić information content (AvgIpc) is 2.29. The second-order valence-electron chi connectivity index (χ2n) is 3.24. The summed E-state index contributed by atoms with van der Waals surface area (Å²) >= 11 is 0. The summed E-state index contributed by atoms with van der Waals surface area (Å²) < 4.78 is 43.7. The van der Waals surface area contributed by atoms with Crippen LogP contribution in [0.3, 0.4) is 0 Å². The first kappa shape index (κ1) is 11.4. The van der Waals surface area contributed by atoms with Gasteiger partial charge in [-0.2, -0.15) is 9.37 Å². The topological polar surface area (TPSA) is 35.0 Å². The van der Waals surface area contributed by atoms with Crippen molar-refractivity contribution >= 4 is 0 Å². The van der Waals surface area contributed by atoms with Crippen LogP contribution in [-0.4, -0.2) is 9.97 Å². The average molecular weight is 240 g/mol. The molecule has 2 aromatic rings. The number of halogens is 3. The van der Waals surface area contributed by atoms with Gasteiger partial charge in [0.05, 0.1) is 5.69 Å². The Labute approximate surface area is 94.9 Å². The number of hydrogen-bond donors (Lipinski definition) is 0. The van der Waals surface area contributed by atoms with E-state index in [1.54, 1.807) is 13.0 Å². The fourth-order valence-electron chi connectivity index (χ4n) is 1.18. The van der Waals surface area contributed by atoms with Crippen molar-refractivity contribution in [2.75, 3.05) is 0 Å². The third-order valence-corrected chi connectivity index (χ3v) is 2.02. The molecule has 0 aromatic carbocycles. The molecular formula is C11H7F3N2O. The van der Waals surface area contributed by atoms with Gasteiger partial charge < -0.3 is 4.74 Å². The second kappa shape index (κ2) is 4.40. The van der Waals surface area contributed by atoms with Gasteiger partial charge in [0.1, 0.15) is 0 Å². The van der Waals surface area contributed by atoms with Crippen LogP contribution in [0, 0.1) is 24.5 Å². The largest absolute Gasteiger partial charge is 0.434 e. The Hall–Kier alpha value is -2.11. The van der Waals surface area contributed by atoms with Gasteiger partial charge in [-0.15, -0.1) is 0 Å². The van der Waals surface area contributed by atoms with Gasteiger partial charge in [-0.05, 0) is 19.1 Å². The maximum Gasteiger partial charge on any atom is 0.258 e. The molecule has 0 unspecified atom stereocenters. The summed E-state index contributed by atoms with van der Waals surface area (Å²) in [5.41, 5.74) is 0.485. The molecule has 0 atom stereocenters. The van der Waals surface area contributed by atoms with E-state index >= 15 is 0 Å². The molecule has 3 nitrogen and oxygen atoms in total. The number of rotatable bonds is 2. The van der Waals surface area contributed by atoms with E-state index < -0.39 is 23.5 Å². The summed E-state index contributed by atoms with van der Waals surface area (Å²) in [6.45, 7) is 1.63. The molecular weight excluding hydrogens is 233 g/mol. The van der Waals surface area contributed by atoms with Crippen LogP contribution in [0.4, 0.5) is 13.2 Å². The summed E-state index contributed by atoms with van der Waals surface area (Å²) in [4.78, 5) is 6.94. The van der Waals surface area contributed by atoms with Crippen molar-refractivity contribution in [2.24, 2.45) is 0 Å². The molecule has 17 heavy (non-hydrogen) atoms. The van der Waals surface area contributed by atoms with E-state index in [9.17, 15) is 13.2 Å². The molecule has 0 aliphatic rings. The van der Waals surface area contributed by atoms with Gasteiger partial charge in [-0.1, -0.05) is 0 Å². The molecule has 2 heterocycles. The first-order valence-corrected chi connectivity index (χ1v) is 4.69. The van der Waals surface area contributed by atoms with Gasteiger partial charge in [0.25, 0.3) is 11.8 Å². The van der Waals surface area contributed by atoms with Crippen molar-refractivity contribution in [1.29, 1.82) is 0 Å². The zero-order valence-electron chi connectivity index (χ0n) is 8.75. The highest BCUT2D eigenvalue weighted by Crippen LogP contribution is 2.24. The third-order valence-electron chi connectivity index (χ3n) is 2.02. The fraction of sp³-hybridized carbons (Fsp3) is 0.0909. The number of ether oxygens (including phenoxy) is 1. The van der Waals surface area contributed by atoms with E-state index in [-0.39, 0.29) is 5.75 Å². The highest BCUT2D eigenvalue weighted by atomic mass is 19.2. The summed E-state index contributed by atoms with van der Waals surface area (Å²) in [5.74, 6) is -4.25. The molecule has 0 saturated heterocycles. The van der Waals surface area contributed by atoms with Crippen LogP contribution in [0.5, 0.6) is 11.6 Å². The van der Waals surface area contributed by atoms with Crippen molar-refractivity contribution in [3.63, 3.8) is 0 Å². The molecule has 0 bridgehead atoms. The minimum atomic E-state index is -1.41. The highest BCUT2D eigenvalue weighted by Gasteiger charge is 2.14. The van der Waals surface area contributed by atoms with E-state index in [4.69, 9.17) is 4.74 Å². The molecule has 0 aliphatic heterocycles. The molecule has 2 rings (SSSR count). The van der Waals surface area contributed by atoms with Crippen LogP contribution in [-0.2, 0) is 0 Å². The van der Waals surface area contributed by atoms with Gasteiger partial charge in [0, 0.05) is 12.3 Å². The van der Waals surface area contributed by atoms with E-state index in [2.05, 4.69) is 9.97 Å². The van der Waals surface area contributed by atoms with Crippen LogP contribution >= 0.6 is 0 Å². The van der Waals surface area contributed by atoms with Crippen molar-refractivity contribution < 1.29 is 17.9 Å². The van der Waals surface area contributed by atoms with Crippen molar-refractivity contribution in [3.05, 3.63) is 47.7 Å². The normalized spacial score (nSPS) is 10.4. The first-order valence-electron chi connectivity index (χ1n) is 4.69. The van der Waals surface area contributed by atoms with Crippen LogP contribution in [0.1, 0.15) is 5.69 Å². The summed E-state index contributed by atoms with van der Waals surface area (Å²) in [6, 6.07) is 3.47. The molecule has 6 heteroatoms. The molecule has 2 aromatic heterocycles. The maximum atomic E-state index is 13.2. The Bertz CT molecular complexity index is 560. The molecule has 0 spiro atoms. The van der Waals surface area contributed by atoms with Crippen LogP contribution in [0.25, 0.3) is 0 Å². The highest BCUT2D eigenvalue weighted by molar-refractivity contribution is 5.30. The predicted octanol–water partition coefficient (Wildman–Crippen LogP) is 2.99. The number of pyridine rings is 2. The zero-order valence-corrected chi connectivity index (χ0v) is 8.75. The Morgan fingerprint density at radius 3 is 2.65 bits per heavy atom. The summed E-state index contributed by atoms with van der Waals surface area (Å²) in [7, 11) is 0. The third kappa shape index (κ3) is 2.35. The standard InChI is InChI=1S/C11H7F3N2O/c1-6-9(3-2-4-15-6)17-11-8(13)5-7(12)10(14)16-11/h2-5H,1H3. The quantitative estimate of drug-likeness (QED) is 0.757. The number of aryl methyl sites for hydroxylation is 1. The summed E-state index contributed by atoms with van der Waals surface area (Å²) in [5, 5.41) is 0. The van der Waals surface area contributed by atoms with Crippen molar-refractivity contribution in [3.8, 4) is 11.6 Å². The van der Waals surface area contributed by atoms with Gasteiger partial charge in [0.2, 0.25) is 0 Å². The van der Waals surface area contributed by atoms with E-state index in [1.807, 2.05) is 0 Å². The van der Waals surface area contributed by atoms with E-state index in [1.165, 1.54) is 12.3 Å². The molecule has 0 aliphatic carbocycles. The molecule has 0 radical (unpaired) electrons. The fourth-order valence-corrected chi connectivity index (χ4v) is 1.18. The van der Waals surface area contributed by atoms with Crippen LogP contribution < -0.4 is 4.74 Å². The zero-order chi connectivity index (χ0) is 12.4. The predicted molar refractivity (Wildman–Crippen MR) is 53.2 cm³/mol. The van der Waals surface area contributed by atoms with Gasteiger partial charge in [0.15, 0.2) is 17.4 Å². The minimum absolute atomic E-state index is 0.227. The van der Waals surface area contributed by atoms with Gasteiger partial charge in [-0.3, -0.25) is 4.98 Å². The number of aromatic nitrogens is 2. The number of hydrogen-bond acceptors (Lipinski definition) is 3. The second-order valence-corrected chi connectivity index (χ2v) is 3.24. The molecule has 0 amide bonds. The van der Waals surface area contributed by atoms with E-state index in [0.29, 0.717) is 11.8 Å². The smallest absolute Gasteiger partial charge is 0.258 e. The Kier molecular flexibility index (Phi) is 2.95. The SMILES string of the molecule is Cc1ncccc1Oc1nc(F)c(F)cc1F. The number of nitrogens with zero attached hydrogens (tertiary/aromatic N) is 2. The van der Waals surface area contributed by atoms with Crippen LogP contribution in [0.2, 0.25) is 0 Å². The maximum absolute atomic E-state index is 13.2.